The maximum atomic E-state index is 12.9. The summed E-state index contributed by atoms with van der Waals surface area (Å²) in [7, 11) is 0. The highest BCUT2D eigenvalue weighted by Crippen LogP contribution is 2.40. The summed E-state index contributed by atoms with van der Waals surface area (Å²) in [4.78, 5) is 0. The standard InChI is InChI=1S/C12H15ClF3N/c1-11(2,3)10(17)8-5-4-7(13)6-9(8)12(14,15)16/h4-6,10H,17H2,1-3H3/t10-/m1/s1. The van der Waals surface area contributed by atoms with Gasteiger partial charge >= 0.3 is 6.18 Å². The molecule has 0 unspecified atom stereocenters. The summed E-state index contributed by atoms with van der Waals surface area (Å²) < 4.78 is 38.6. The van der Waals surface area contributed by atoms with E-state index < -0.39 is 23.2 Å². The molecule has 0 aliphatic rings. The van der Waals surface area contributed by atoms with E-state index in [4.69, 9.17) is 17.3 Å². The fourth-order valence-corrected chi connectivity index (χ4v) is 1.68. The average molecular weight is 266 g/mol. The van der Waals surface area contributed by atoms with Gasteiger partial charge in [0.2, 0.25) is 0 Å². The van der Waals surface area contributed by atoms with Gasteiger partial charge in [-0.3, -0.25) is 0 Å². The van der Waals surface area contributed by atoms with Crippen LogP contribution in [-0.2, 0) is 6.18 Å². The number of halogens is 4. The summed E-state index contributed by atoms with van der Waals surface area (Å²) in [6.07, 6.45) is -4.44. The third-order valence-electron chi connectivity index (χ3n) is 2.59. The smallest absolute Gasteiger partial charge is 0.324 e. The zero-order valence-corrected chi connectivity index (χ0v) is 10.7. The van der Waals surface area contributed by atoms with Gasteiger partial charge in [0, 0.05) is 11.1 Å². The lowest BCUT2D eigenvalue weighted by Gasteiger charge is -2.29. The summed E-state index contributed by atoms with van der Waals surface area (Å²) >= 11 is 5.60. The van der Waals surface area contributed by atoms with Gasteiger partial charge in [-0.05, 0) is 23.1 Å². The zero-order chi connectivity index (χ0) is 13.4. The lowest BCUT2D eigenvalue weighted by molar-refractivity contribution is -0.138. The van der Waals surface area contributed by atoms with Crippen molar-refractivity contribution in [3.63, 3.8) is 0 Å². The van der Waals surface area contributed by atoms with E-state index in [0.29, 0.717) is 0 Å². The van der Waals surface area contributed by atoms with Crippen molar-refractivity contribution in [3.05, 3.63) is 34.3 Å². The maximum absolute atomic E-state index is 12.9. The third-order valence-corrected chi connectivity index (χ3v) is 2.82. The minimum atomic E-state index is -4.44. The summed E-state index contributed by atoms with van der Waals surface area (Å²) in [5.74, 6) is 0. The van der Waals surface area contributed by atoms with Crippen LogP contribution in [0.1, 0.15) is 37.9 Å². The Morgan fingerprint density at radius 1 is 1.18 bits per heavy atom. The van der Waals surface area contributed by atoms with E-state index in [-0.39, 0.29) is 10.6 Å². The van der Waals surface area contributed by atoms with Gasteiger partial charge in [-0.1, -0.05) is 38.4 Å². The molecule has 5 heteroatoms. The summed E-state index contributed by atoms with van der Waals surface area (Å²) in [6, 6.07) is 3.00. The normalized spacial score (nSPS) is 14.8. The third kappa shape index (κ3) is 3.36. The van der Waals surface area contributed by atoms with Crippen LogP contribution in [0.2, 0.25) is 5.02 Å². The Balaban J connectivity index is 3.34. The molecule has 0 bridgehead atoms. The van der Waals surface area contributed by atoms with E-state index in [1.165, 1.54) is 12.1 Å². The van der Waals surface area contributed by atoms with E-state index in [2.05, 4.69) is 0 Å². The molecule has 0 saturated heterocycles. The van der Waals surface area contributed by atoms with Crippen LogP contribution in [0.5, 0.6) is 0 Å². The number of rotatable bonds is 1. The van der Waals surface area contributed by atoms with Gasteiger partial charge in [0.15, 0.2) is 0 Å². The first-order valence-corrected chi connectivity index (χ1v) is 5.53. The van der Waals surface area contributed by atoms with Gasteiger partial charge in [-0.15, -0.1) is 0 Å². The van der Waals surface area contributed by atoms with Crippen molar-refractivity contribution >= 4 is 11.6 Å². The Labute approximate surface area is 104 Å². The first-order chi connectivity index (χ1) is 7.53. The Morgan fingerprint density at radius 2 is 1.71 bits per heavy atom. The number of hydrogen-bond donors (Lipinski definition) is 1. The van der Waals surface area contributed by atoms with Crippen molar-refractivity contribution < 1.29 is 13.2 Å². The van der Waals surface area contributed by atoms with E-state index in [1.54, 1.807) is 20.8 Å². The van der Waals surface area contributed by atoms with Gasteiger partial charge in [0.05, 0.1) is 5.56 Å². The Morgan fingerprint density at radius 3 is 2.12 bits per heavy atom. The molecule has 1 rings (SSSR count). The Hall–Kier alpha value is -0.740. The molecule has 0 fully saturated rings. The average Bonchev–Trinajstić information content (AvgIpc) is 2.14. The van der Waals surface area contributed by atoms with Gasteiger partial charge in [-0.2, -0.15) is 13.2 Å². The van der Waals surface area contributed by atoms with Gasteiger partial charge in [-0.25, -0.2) is 0 Å². The maximum Gasteiger partial charge on any atom is 0.416 e. The molecule has 0 amide bonds. The summed E-state index contributed by atoms with van der Waals surface area (Å²) in [6.45, 7) is 5.39. The molecule has 0 aromatic heterocycles. The van der Waals surface area contributed by atoms with Gasteiger partial charge < -0.3 is 5.73 Å². The molecule has 2 N–H and O–H groups in total. The van der Waals surface area contributed by atoms with Gasteiger partial charge in [0.25, 0.3) is 0 Å². The highest BCUT2D eigenvalue weighted by molar-refractivity contribution is 6.30. The minimum Gasteiger partial charge on any atom is -0.324 e. The number of alkyl halides is 3. The number of hydrogen-bond acceptors (Lipinski definition) is 1. The molecule has 1 aromatic carbocycles. The highest BCUT2D eigenvalue weighted by Gasteiger charge is 2.37. The first kappa shape index (κ1) is 14.3. The SMILES string of the molecule is CC(C)(C)[C@H](N)c1ccc(Cl)cc1C(F)(F)F. The highest BCUT2D eigenvalue weighted by atomic mass is 35.5. The van der Waals surface area contributed by atoms with Crippen molar-refractivity contribution in [3.8, 4) is 0 Å². The van der Waals surface area contributed by atoms with E-state index in [0.717, 1.165) is 6.07 Å². The van der Waals surface area contributed by atoms with Crippen LogP contribution in [-0.4, -0.2) is 0 Å². The Kier molecular flexibility index (Phi) is 3.79. The molecule has 0 aliphatic heterocycles. The van der Waals surface area contributed by atoms with Crippen molar-refractivity contribution in [2.24, 2.45) is 11.1 Å². The lowest BCUT2D eigenvalue weighted by Crippen LogP contribution is -2.28. The molecule has 0 spiro atoms. The van der Waals surface area contributed by atoms with Crippen molar-refractivity contribution in [2.75, 3.05) is 0 Å². The van der Waals surface area contributed by atoms with E-state index in [9.17, 15) is 13.2 Å². The fourth-order valence-electron chi connectivity index (χ4n) is 1.51. The van der Waals surface area contributed by atoms with Gasteiger partial charge in [0.1, 0.15) is 0 Å². The summed E-state index contributed by atoms with van der Waals surface area (Å²) in [5, 5.41) is 0.0576. The molecule has 0 saturated carbocycles. The zero-order valence-electron chi connectivity index (χ0n) is 9.90. The topological polar surface area (TPSA) is 26.0 Å². The largest absolute Gasteiger partial charge is 0.416 e. The van der Waals surface area contributed by atoms with E-state index in [1.807, 2.05) is 0 Å². The molecule has 0 radical (unpaired) electrons. The quantitative estimate of drug-likeness (QED) is 0.800. The molecule has 96 valence electrons. The molecule has 17 heavy (non-hydrogen) atoms. The summed E-state index contributed by atoms with van der Waals surface area (Å²) in [5.41, 5.74) is 4.75. The predicted octanol–water partition coefficient (Wildman–Crippen LogP) is 4.40. The molecular formula is C12H15ClF3N. The monoisotopic (exact) mass is 265 g/mol. The molecule has 0 aliphatic carbocycles. The van der Waals surface area contributed by atoms with Crippen molar-refractivity contribution in [2.45, 2.75) is 33.0 Å². The molecule has 1 aromatic rings. The predicted molar refractivity (Wildman–Crippen MR) is 62.8 cm³/mol. The lowest BCUT2D eigenvalue weighted by atomic mass is 9.81. The second kappa shape index (κ2) is 4.50. The van der Waals surface area contributed by atoms with Crippen LogP contribution in [0.15, 0.2) is 18.2 Å². The van der Waals surface area contributed by atoms with Crippen LogP contribution in [0, 0.1) is 5.41 Å². The first-order valence-electron chi connectivity index (χ1n) is 5.15. The van der Waals surface area contributed by atoms with Crippen LogP contribution in [0.4, 0.5) is 13.2 Å². The second-order valence-corrected chi connectivity index (χ2v) is 5.51. The van der Waals surface area contributed by atoms with Crippen LogP contribution in [0.25, 0.3) is 0 Å². The number of nitrogens with two attached hydrogens (primary N) is 1. The Bertz CT molecular complexity index is 407. The molecule has 1 nitrogen and oxygen atoms in total. The second-order valence-electron chi connectivity index (χ2n) is 5.07. The molecule has 0 heterocycles. The van der Waals surface area contributed by atoms with Crippen molar-refractivity contribution in [1.82, 2.24) is 0 Å². The fraction of sp³-hybridized carbons (Fsp3) is 0.500. The van der Waals surface area contributed by atoms with Crippen LogP contribution < -0.4 is 5.73 Å². The number of benzene rings is 1. The van der Waals surface area contributed by atoms with Crippen molar-refractivity contribution in [1.29, 1.82) is 0 Å². The molecular weight excluding hydrogens is 251 g/mol. The molecule has 1 atom stereocenters. The van der Waals surface area contributed by atoms with Crippen LogP contribution >= 0.6 is 11.6 Å². The van der Waals surface area contributed by atoms with Crippen LogP contribution in [0.3, 0.4) is 0 Å². The van der Waals surface area contributed by atoms with E-state index >= 15 is 0 Å². The minimum absolute atomic E-state index is 0.0576.